The van der Waals surface area contributed by atoms with Gasteiger partial charge in [0, 0.05) is 0 Å². The molecule has 0 saturated carbocycles. The summed E-state index contributed by atoms with van der Waals surface area (Å²) >= 11 is 0. The Morgan fingerprint density at radius 1 is 1.00 bits per heavy atom. The smallest absolute Gasteiger partial charge is 0.328 e. The normalized spacial score (nSPS) is 6.00. The summed E-state index contributed by atoms with van der Waals surface area (Å²) in [6, 6.07) is 0. The van der Waals surface area contributed by atoms with Gasteiger partial charge >= 0.3 is 55.5 Å². The Kier molecular flexibility index (Phi) is 26.0. The molecular weight excluding hydrogens is 129 g/mol. The van der Waals surface area contributed by atoms with E-state index in [-0.39, 0.29) is 46.9 Å². The fourth-order valence-electron chi connectivity index (χ4n) is 0. The molecule has 0 atom stereocenters. The second kappa shape index (κ2) is 9.96. The van der Waals surface area contributed by atoms with Gasteiger partial charge in [-0.3, -0.25) is 0 Å². The summed E-state index contributed by atoms with van der Waals surface area (Å²) in [4.78, 5) is 21.7. The van der Waals surface area contributed by atoms with Gasteiger partial charge in [0.25, 0.3) is 0 Å². The molecule has 0 unspecified atom stereocenters. The van der Waals surface area contributed by atoms with Gasteiger partial charge in [0.15, 0.2) is 0 Å². The van der Waals surface area contributed by atoms with Gasteiger partial charge in [-0.05, 0) is 0 Å². The van der Waals surface area contributed by atoms with E-state index in [1.807, 2.05) is 0 Å². The van der Waals surface area contributed by atoms with E-state index in [9.17, 15) is 0 Å². The first-order valence-electron chi connectivity index (χ1n) is 0.600. The van der Waals surface area contributed by atoms with Crippen LogP contribution in [0.2, 0.25) is 0 Å². The number of hydrogen-bond donors (Lipinski definition) is 3. The molecule has 0 aromatic heterocycles. The predicted octanol–water partition coefficient (Wildman–Crippen LogP) is -4.19. The number of hydrogen-bond acceptors (Lipinski definition) is 3. The summed E-state index contributed by atoms with van der Waals surface area (Å²) in [5.74, 6) is 0. The van der Waals surface area contributed by atoms with E-state index in [1.165, 1.54) is 0 Å². The minimum atomic E-state index is -2.62. The molecule has 0 aromatic rings. The van der Waals surface area contributed by atoms with Gasteiger partial charge in [-0.2, -0.15) is 0 Å². The molecule has 0 spiro atoms. The van der Waals surface area contributed by atoms with Gasteiger partial charge < -0.3 is 14.7 Å². The maximum atomic E-state index is 7.23. The van der Waals surface area contributed by atoms with Crippen molar-refractivity contribution in [1.29, 1.82) is 0 Å². The van der Waals surface area contributed by atoms with E-state index in [2.05, 4.69) is 0 Å². The van der Waals surface area contributed by atoms with Crippen LogP contribution in [0.1, 0.15) is 0 Å². The maximum absolute atomic E-state index is 7.23. The van der Waals surface area contributed by atoms with Gasteiger partial charge in [-0.15, -0.1) is 0 Å². The van der Waals surface area contributed by atoms with Crippen molar-refractivity contribution < 1.29 is 44.2 Å². The van der Waals surface area contributed by atoms with Crippen LogP contribution < -0.4 is 29.6 Å². The minimum absolute atomic E-state index is 0. The molecule has 3 N–H and O–H groups in total. The summed E-state index contributed by atoms with van der Waals surface area (Å²) in [5.41, 5.74) is 0. The summed E-state index contributed by atoms with van der Waals surface area (Å²) < 4.78 is 0. The fraction of sp³-hybridized carbons (Fsp3) is 0. The van der Waals surface area contributed by atoms with Crippen molar-refractivity contribution in [2.75, 3.05) is 0 Å². The van der Waals surface area contributed by atoms with Crippen molar-refractivity contribution in [1.82, 2.24) is 0 Å². The van der Waals surface area contributed by atoms with Gasteiger partial charge in [-0.25, -0.2) is 0 Å². The predicted molar refractivity (Wildman–Crippen MR) is 19.3 cm³/mol. The van der Waals surface area contributed by atoms with E-state index >= 15 is 0 Å². The first-order valence-corrected chi connectivity index (χ1v) is 1.80. The Balaban J connectivity index is -0.0000000450. The summed E-state index contributed by atoms with van der Waals surface area (Å²) in [6.07, 6.45) is 0. The van der Waals surface area contributed by atoms with Crippen molar-refractivity contribution in [2.45, 2.75) is 0 Å². The molecule has 3 nitrogen and oxygen atoms in total. The molecule has 0 fully saturated rings. The molecule has 0 aromatic carbocycles. The molecule has 0 aliphatic rings. The molecule has 0 bridgehead atoms. The monoisotopic (exact) mass is 132 g/mol. The maximum Gasteiger partial charge on any atom is 3.00 e. The van der Waals surface area contributed by atoms with Crippen molar-refractivity contribution >= 4 is 26.0 Å². The van der Waals surface area contributed by atoms with Crippen molar-refractivity contribution in [2.24, 2.45) is 0 Å². The Morgan fingerprint density at radius 2 is 1.00 bits per heavy atom. The van der Waals surface area contributed by atoms with Crippen molar-refractivity contribution in [3.63, 3.8) is 0 Å². The zero-order valence-electron chi connectivity index (χ0n) is 3.37. The third-order valence-electron chi connectivity index (χ3n) is 0. The zero-order valence-corrected chi connectivity index (χ0v) is 7.42. The third kappa shape index (κ3) is 40.4. The van der Waals surface area contributed by atoms with Crippen LogP contribution >= 0.6 is 8.60 Å². The molecule has 0 radical (unpaired) electrons. The van der Waals surface area contributed by atoms with Gasteiger partial charge in [-0.1, -0.05) is 0 Å². The molecule has 6 heteroatoms. The Bertz CT molecular complexity index is 15.5. The quantitative estimate of drug-likeness (QED) is 0.231. The minimum Gasteiger partial charge on any atom is -0.328 e. The Labute approximate surface area is 69.8 Å². The summed E-state index contributed by atoms with van der Waals surface area (Å²) in [6.45, 7) is 0. The van der Waals surface area contributed by atoms with Crippen LogP contribution in [0, 0.1) is 0 Å². The zero-order chi connectivity index (χ0) is 3.58. The van der Waals surface area contributed by atoms with E-state index in [4.69, 9.17) is 14.7 Å². The van der Waals surface area contributed by atoms with E-state index in [1.54, 1.807) is 0 Å². The van der Waals surface area contributed by atoms with Crippen molar-refractivity contribution in [3.05, 3.63) is 0 Å². The van der Waals surface area contributed by atoms with E-state index in [0.717, 1.165) is 0 Å². The molecule has 0 aliphatic carbocycles. The second-order valence-electron chi connectivity index (χ2n) is 0.268. The van der Waals surface area contributed by atoms with Crippen LogP contribution in [0.4, 0.5) is 0 Å². The fourth-order valence-corrected chi connectivity index (χ4v) is 0. The molecule has 0 aliphatic heterocycles. The topological polar surface area (TPSA) is 60.7 Å². The van der Waals surface area contributed by atoms with Gasteiger partial charge in [0.1, 0.15) is 0 Å². The largest absolute Gasteiger partial charge is 3.00 e. The molecule has 0 saturated heterocycles. The van der Waals surface area contributed by atoms with Gasteiger partial charge in [0.2, 0.25) is 0 Å². The van der Waals surface area contributed by atoms with Crippen LogP contribution in [0.3, 0.4) is 0 Å². The number of rotatable bonds is 0. The Morgan fingerprint density at radius 3 is 1.00 bits per heavy atom. The average Bonchev–Trinajstić information content (AvgIpc) is 0.811. The van der Waals surface area contributed by atoms with Crippen LogP contribution in [0.15, 0.2) is 0 Å². The third-order valence-corrected chi connectivity index (χ3v) is 0. The second-order valence-corrected chi connectivity index (χ2v) is 0.805. The SMILES string of the molecule is OP(O)O.[Al+3].[Na+]. The molecule has 0 heterocycles. The summed E-state index contributed by atoms with van der Waals surface area (Å²) in [7, 11) is -2.62. The summed E-state index contributed by atoms with van der Waals surface area (Å²) in [5, 5.41) is 0. The first kappa shape index (κ1) is 15.7. The molecule has 0 amide bonds. The van der Waals surface area contributed by atoms with Crippen LogP contribution in [0.25, 0.3) is 0 Å². The molecule has 6 heavy (non-hydrogen) atoms. The van der Waals surface area contributed by atoms with E-state index < -0.39 is 8.60 Å². The van der Waals surface area contributed by atoms with Crippen LogP contribution in [-0.2, 0) is 0 Å². The molecule has 0 rings (SSSR count). The van der Waals surface area contributed by atoms with Crippen LogP contribution in [0.5, 0.6) is 0 Å². The first-order chi connectivity index (χ1) is 1.73. The molecule has 26 valence electrons. The standard InChI is InChI=1S/Al.Na.H3O3P/c;;1-4(2)3/h;;1-3H/q+3;+1;. The molecular formula is H3AlNaO3P+4. The Hall–Kier alpha value is 1.84. The van der Waals surface area contributed by atoms with Crippen molar-refractivity contribution in [3.8, 4) is 0 Å². The van der Waals surface area contributed by atoms with Crippen LogP contribution in [-0.4, -0.2) is 32.0 Å². The van der Waals surface area contributed by atoms with Gasteiger partial charge in [0.05, 0.1) is 0 Å². The van der Waals surface area contributed by atoms with E-state index in [0.29, 0.717) is 0 Å². The average molecular weight is 132 g/mol.